The second-order valence-electron chi connectivity index (χ2n) is 5.21. The molecule has 0 spiro atoms. The Morgan fingerprint density at radius 1 is 1.45 bits per heavy atom. The molecule has 3 N–H and O–H groups in total. The number of esters is 1. The van der Waals surface area contributed by atoms with E-state index in [0.717, 1.165) is 6.20 Å². The van der Waals surface area contributed by atoms with Crippen molar-refractivity contribution in [1.82, 2.24) is 14.8 Å². The summed E-state index contributed by atoms with van der Waals surface area (Å²) in [7, 11) is 0. The highest BCUT2D eigenvalue weighted by Gasteiger charge is 2.45. The van der Waals surface area contributed by atoms with Crippen LogP contribution in [0.3, 0.4) is 0 Å². The Morgan fingerprint density at radius 2 is 2.14 bits per heavy atom. The standard InChI is InChI=1S/C12H17N3O7/c1-5(2)11(19)21-4-6-8(17)9(18)10(22-6)15-12(20)14-7(16)3-13-15/h3,5-6,8-10,17-18H,4H2,1-2H3,(H,14,16,20)/t6-,8-,9-,10-/m1/s1. The summed E-state index contributed by atoms with van der Waals surface area (Å²) in [6.45, 7) is 3.02. The van der Waals surface area contributed by atoms with Crippen LogP contribution in [0.2, 0.25) is 0 Å². The third-order valence-corrected chi connectivity index (χ3v) is 3.18. The van der Waals surface area contributed by atoms with Crippen molar-refractivity contribution in [2.75, 3.05) is 6.61 Å². The van der Waals surface area contributed by atoms with Gasteiger partial charge in [-0.05, 0) is 0 Å². The Morgan fingerprint density at radius 3 is 2.73 bits per heavy atom. The molecule has 0 saturated carbocycles. The molecule has 10 heteroatoms. The van der Waals surface area contributed by atoms with Crippen LogP contribution in [0, 0.1) is 5.92 Å². The Bertz CT molecular complexity index is 653. The fourth-order valence-electron chi connectivity index (χ4n) is 1.94. The van der Waals surface area contributed by atoms with E-state index >= 15 is 0 Å². The molecule has 0 aromatic carbocycles. The zero-order chi connectivity index (χ0) is 16.4. The Kier molecular flexibility index (Phi) is 4.74. The first-order valence-corrected chi connectivity index (χ1v) is 6.67. The lowest BCUT2D eigenvalue weighted by molar-refractivity contribution is -0.154. The topological polar surface area (TPSA) is 144 Å². The van der Waals surface area contributed by atoms with Gasteiger partial charge in [-0.1, -0.05) is 13.8 Å². The maximum Gasteiger partial charge on any atom is 0.347 e. The minimum Gasteiger partial charge on any atom is -0.463 e. The van der Waals surface area contributed by atoms with E-state index in [-0.39, 0.29) is 12.5 Å². The number of nitrogens with zero attached hydrogens (tertiary/aromatic N) is 2. The summed E-state index contributed by atoms with van der Waals surface area (Å²) in [5, 5.41) is 23.4. The molecule has 0 radical (unpaired) electrons. The van der Waals surface area contributed by atoms with Crippen LogP contribution in [0.25, 0.3) is 0 Å². The van der Waals surface area contributed by atoms with Crippen molar-refractivity contribution >= 4 is 5.97 Å². The number of aromatic amines is 1. The van der Waals surface area contributed by atoms with Gasteiger partial charge in [0.2, 0.25) is 0 Å². The van der Waals surface area contributed by atoms with Gasteiger partial charge in [0, 0.05) is 0 Å². The summed E-state index contributed by atoms with van der Waals surface area (Å²) in [5.41, 5.74) is -1.58. The van der Waals surface area contributed by atoms with Gasteiger partial charge in [-0.2, -0.15) is 9.78 Å². The molecular weight excluding hydrogens is 298 g/mol. The molecule has 122 valence electrons. The molecule has 0 amide bonds. The van der Waals surface area contributed by atoms with Gasteiger partial charge in [0.05, 0.1) is 5.92 Å². The summed E-state index contributed by atoms with van der Waals surface area (Å²) >= 11 is 0. The molecule has 0 bridgehead atoms. The summed E-state index contributed by atoms with van der Waals surface area (Å²) in [6.07, 6.45) is -4.29. The summed E-state index contributed by atoms with van der Waals surface area (Å²) in [5.74, 6) is -0.823. The van der Waals surface area contributed by atoms with Crippen LogP contribution in [0.4, 0.5) is 0 Å². The minimum atomic E-state index is -1.46. The number of nitrogens with one attached hydrogen (secondary N) is 1. The summed E-state index contributed by atoms with van der Waals surface area (Å²) < 4.78 is 11.0. The van der Waals surface area contributed by atoms with Crippen LogP contribution in [-0.4, -0.2) is 55.9 Å². The number of carbonyl (C=O) groups is 1. The number of aromatic nitrogens is 3. The third-order valence-electron chi connectivity index (χ3n) is 3.18. The zero-order valence-electron chi connectivity index (χ0n) is 12.0. The first kappa shape index (κ1) is 16.3. The first-order valence-electron chi connectivity index (χ1n) is 6.67. The molecule has 2 heterocycles. The van der Waals surface area contributed by atoms with Crippen molar-refractivity contribution in [1.29, 1.82) is 0 Å². The van der Waals surface area contributed by atoms with E-state index in [0.29, 0.717) is 4.68 Å². The fraction of sp³-hybridized carbons (Fsp3) is 0.667. The van der Waals surface area contributed by atoms with Gasteiger partial charge in [-0.15, -0.1) is 0 Å². The van der Waals surface area contributed by atoms with E-state index in [9.17, 15) is 24.6 Å². The third kappa shape index (κ3) is 3.24. The van der Waals surface area contributed by atoms with Gasteiger partial charge in [0.1, 0.15) is 31.1 Å². The smallest absolute Gasteiger partial charge is 0.347 e. The summed E-state index contributed by atoms with van der Waals surface area (Å²) in [6, 6.07) is 0. The van der Waals surface area contributed by atoms with Crippen molar-refractivity contribution in [2.45, 2.75) is 38.4 Å². The molecule has 0 aliphatic carbocycles. The summed E-state index contributed by atoms with van der Waals surface area (Å²) in [4.78, 5) is 36.0. The van der Waals surface area contributed by atoms with Gasteiger partial charge in [-0.3, -0.25) is 14.6 Å². The maximum atomic E-state index is 11.6. The quantitative estimate of drug-likeness (QED) is 0.529. The van der Waals surface area contributed by atoms with Crippen molar-refractivity contribution in [3.05, 3.63) is 27.0 Å². The average molecular weight is 315 g/mol. The number of hydrogen-bond acceptors (Lipinski definition) is 8. The van der Waals surface area contributed by atoms with E-state index in [1.807, 2.05) is 4.98 Å². The largest absolute Gasteiger partial charge is 0.463 e. The lowest BCUT2D eigenvalue weighted by Crippen LogP contribution is -2.39. The fourth-order valence-corrected chi connectivity index (χ4v) is 1.94. The van der Waals surface area contributed by atoms with Gasteiger partial charge in [0.15, 0.2) is 6.23 Å². The molecule has 10 nitrogen and oxygen atoms in total. The zero-order valence-corrected chi connectivity index (χ0v) is 12.0. The molecule has 1 aliphatic rings. The lowest BCUT2D eigenvalue weighted by Gasteiger charge is -2.15. The molecule has 1 aliphatic heterocycles. The van der Waals surface area contributed by atoms with Gasteiger partial charge in [0.25, 0.3) is 5.56 Å². The van der Waals surface area contributed by atoms with E-state index in [1.165, 1.54) is 0 Å². The van der Waals surface area contributed by atoms with Crippen LogP contribution in [0.5, 0.6) is 0 Å². The molecule has 1 fully saturated rings. The molecule has 22 heavy (non-hydrogen) atoms. The highest BCUT2D eigenvalue weighted by Crippen LogP contribution is 2.27. The molecule has 0 unspecified atom stereocenters. The van der Waals surface area contributed by atoms with E-state index in [2.05, 4.69) is 5.10 Å². The van der Waals surface area contributed by atoms with Crippen LogP contribution in [0.15, 0.2) is 15.8 Å². The molecule has 1 aromatic rings. The predicted molar refractivity (Wildman–Crippen MR) is 70.8 cm³/mol. The van der Waals surface area contributed by atoms with Gasteiger partial charge in [-0.25, -0.2) is 4.79 Å². The van der Waals surface area contributed by atoms with Crippen molar-refractivity contribution < 1.29 is 24.5 Å². The van der Waals surface area contributed by atoms with Crippen LogP contribution >= 0.6 is 0 Å². The van der Waals surface area contributed by atoms with E-state index < -0.39 is 41.8 Å². The number of carbonyl (C=O) groups excluding carboxylic acids is 1. The molecule has 4 atom stereocenters. The second kappa shape index (κ2) is 6.38. The number of hydrogen-bond donors (Lipinski definition) is 3. The minimum absolute atomic E-state index is 0.274. The van der Waals surface area contributed by atoms with Gasteiger partial charge < -0.3 is 19.7 Å². The first-order chi connectivity index (χ1) is 10.3. The predicted octanol–water partition coefficient (Wildman–Crippen LogP) is -2.25. The number of H-pyrrole nitrogens is 1. The van der Waals surface area contributed by atoms with E-state index in [4.69, 9.17) is 9.47 Å². The molecular formula is C12H17N3O7. The van der Waals surface area contributed by atoms with Crippen LogP contribution in [0.1, 0.15) is 20.1 Å². The number of aliphatic hydroxyl groups excluding tert-OH is 2. The normalized spacial score (nSPS) is 28.0. The van der Waals surface area contributed by atoms with Crippen molar-refractivity contribution in [3.8, 4) is 0 Å². The van der Waals surface area contributed by atoms with E-state index in [1.54, 1.807) is 13.8 Å². The monoisotopic (exact) mass is 315 g/mol. The Labute approximate surface area is 124 Å². The van der Waals surface area contributed by atoms with Crippen LogP contribution in [-0.2, 0) is 14.3 Å². The molecule has 1 saturated heterocycles. The second-order valence-corrected chi connectivity index (χ2v) is 5.21. The van der Waals surface area contributed by atoms with Crippen LogP contribution < -0.4 is 11.2 Å². The SMILES string of the molecule is CC(C)C(=O)OC[C@H]1O[C@@H](n2ncc(=O)[nH]c2=O)[C@H](O)[C@@H]1O. The molecule has 1 aromatic heterocycles. The van der Waals surface area contributed by atoms with Gasteiger partial charge >= 0.3 is 11.7 Å². The highest BCUT2D eigenvalue weighted by atomic mass is 16.6. The Balaban J connectivity index is 2.11. The number of aliphatic hydroxyl groups is 2. The highest BCUT2D eigenvalue weighted by molar-refractivity contribution is 5.71. The maximum absolute atomic E-state index is 11.6. The number of ether oxygens (including phenoxy) is 2. The van der Waals surface area contributed by atoms with Crippen molar-refractivity contribution in [3.63, 3.8) is 0 Å². The lowest BCUT2D eigenvalue weighted by atomic mass is 10.1. The average Bonchev–Trinajstić information content (AvgIpc) is 2.73. The van der Waals surface area contributed by atoms with Crippen molar-refractivity contribution in [2.24, 2.45) is 5.92 Å². The molecule has 2 rings (SSSR count). The number of rotatable bonds is 4. The Hall–Kier alpha value is -2.04.